The van der Waals surface area contributed by atoms with E-state index in [1.165, 1.54) is 96.3 Å². The van der Waals surface area contributed by atoms with Gasteiger partial charge < -0.3 is 0 Å². The van der Waals surface area contributed by atoms with Gasteiger partial charge in [0, 0.05) is 0 Å². The van der Waals surface area contributed by atoms with Gasteiger partial charge in [0.05, 0.1) is 0 Å². The standard InChI is InChI=1S/C21H44/c1-5-7-9-11-13-17-21(19-15-16-20(3)4)18-14-12-10-8-6-2/h20-21H,5-19H2,1-4H3. The summed E-state index contributed by atoms with van der Waals surface area (Å²) in [6, 6.07) is 0. The van der Waals surface area contributed by atoms with E-state index in [2.05, 4.69) is 27.7 Å². The third-order valence-corrected chi connectivity index (χ3v) is 4.83. The Labute approximate surface area is 136 Å². The Morgan fingerprint density at radius 2 is 0.905 bits per heavy atom. The molecule has 0 fully saturated rings. The van der Waals surface area contributed by atoms with Crippen molar-refractivity contribution in [2.24, 2.45) is 11.8 Å². The van der Waals surface area contributed by atoms with E-state index in [9.17, 15) is 0 Å². The quantitative estimate of drug-likeness (QED) is 0.252. The van der Waals surface area contributed by atoms with Gasteiger partial charge in [-0.3, -0.25) is 0 Å². The van der Waals surface area contributed by atoms with Crippen LogP contribution < -0.4 is 0 Å². The first-order valence-corrected chi connectivity index (χ1v) is 10.2. The molecule has 0 aliphatic carbocycles. The van der Waals surface area contributed by atoms with Crippen molar-refractivity contribution in [3.8, 4) is 0 Å². The molecular formula is C21H44. The van der Waals surface area contributed by atoms with E-state index in [1.54, 1.807) is 0 Å². The Hall–Kier alpha value is 0. The van der Waals surface area contributed by atoms with Gasteiger partial charge in [0.15, 0.2) is 0 Å². The van der Waals surface area contributed by atoms with Gasteiger partial charge in [-0.05, 0) is 11.8 Å². The molecule has 0 saturated carbocycles. The second-order valence-corrected chi connectivity index (χ2v) is 7.60. The van der Waals surface area contributed by atoms with Crippen molar-refractivity contribution in [3.63, 3.8) is 0 Å². The third-order valence-electron chi connectivity index (χ3n) is 4.83. The summed E-state index contributed by atoms with van der Waals surface area (Å²) in [5.41, 5.74) is 0. The summed E-state index contributed by atoms with van der Waals surface area (Å²) in [5.74, 6) is 1.92. The molecule has 0 bridgehead atoms. The summed E-state index contributed by atoms with van der Waals surface area (Å²) in [4.78, 5) is 0. The van der Waals surface area contributed by atoms with Gasteiger partial charge in [0.1, 0.15) is 0 Å². The highest BCUT2D eigenvalue weighted by molar-refractivity contribution is 4.62. The van der Waals surface area contributed by atoms with E-state index in [-0.39, 0.29) is 0 Å². The molecule has 0 rings (SSSR count). The van der Waals surface area contributed by atoms with Crippen LogP contribution in [0, 0.1) is 11.8 Å². The van der Waals surface area contributed by atoms with Crippen molar-refractivity contribution < 1.29 is 0 Å². The number of unbranched alkanes of at least 4 members (excludes halogenated alkanes) is 8. The van der Waals surface area contributed by atoms with Gasteiger partial charge >= 0.3 is 0 Å². The van der Waals surface area contributed by atoms with Crippen molar-refractivity contribution in [2.45, 2.75) is 124 Å². The minimum atomic E-state index is 0.889. The molecule has 0 heterocycles. The second-order valence-electron chi connectivity index (χ2n) is 7.60. The van der Waals surface area contributed by atoms with Crippen LogP contribution >= 0.6 is 0 Å². The van der Waals surface area contributed by atoms with E-state index in [0.717, 1.165) is 11.8 Å². The monoisotopic (exact) mass is 296 g/mol. The Kier molecular flexibility index (Phi) is 16.4. The fraction of sp³-hybridized carbons (Fsp3) is 1.00. The number of hydrogen-bond donors (Lipinski definition) is 0. The van der Waals surface area contributed by atoms with Crippen molar-refractivity contribution in [1.29, 1.82) is 0 Å². The maximum Gasteiger partial charge on any atom is -0.0414 e. The molecule has 0 aliphatic rings. The van der Waals surface area contributed by atoms with Gasteiger partial charge in [0.2, 0.25) is 0 Å². The SMILES string of the molecule is CCCCCCCC(CCCCCCC)CCCC(C)C. The lowest BCUT2D eigenvalue weighted by Crippen LogP contribution is -2.02. The predicted molar refractivity (Wildman–Crippen MR) is 98.9 cm³/mol. The molecule has 0 aromatic heterocycles. The Morgan fingerprint density at radius 3 is 1.33 bits per heavy atom. The van der Waals surface area contributed by atoms with Crippen LogP contribution in [0.3, 0.4) is 0 Å². The first kappa shape index (κ1) is 21.0. The lowest BCUT2D eigenvalue weighted by atomic mass is 9.89. The minimum Gasteiger partial charge on any atom is -0.0654 e. The van der Waals surface area contributed by atoms with Gasteiger partial charge in [-0.15, -0.1) is 0 Å². The maximum absolute atomic E-state index is 2.37. The molecular weight excluding hydrogens is 252 g/mol. The topological polar surface area (TPSA) is 0 Å². The van der Waals surface area contributed by atoms with Crippen LogP contribution in [-0.4, -0.2) is 0 Å². The first-order valence-electron chi connectivity index (χ1n) is 10.2. The zero-order valence-electron chi connectivity index (χ0n) is 15.8. The zero-order valence-corrected chi connectivity index (χ0v) is 15.8. The third kappa shape index (κ3) is 16.2. The van der Waals surface area contributed by atoms with Crippen molar-refractivity contribution >= 4 is 0 Å². The van der Waals surface area contributed by atoms with E-state index in [4.69, 9.17) is 0 Å². The lowest BCUT2D eigenvalue weighted by molar-refractivity contribution is 0.359. The molecule has 0 aromatic carbocycles. The molecule has 21 heavy (non-hydrogen) atoms. The molecule has 0 unspecified atom stereocenters. The lowest BCUT2D eigenvalue weighted by Gasteiger charge is -2.17. The molecule has 0 aliphatic heterocycles. The van der Waals surface area contributed by atoms with Gasteiger partial charge in [-0.25, -0.2) is 0 Å². The first-order chi connectivity index (χ1) is 10.2. The molecule has 0 aromatic rings. The summed E-state index contributed by atoms with van der Waals surface area (Å²) in [6.45, 7) is 9.35. The molecule has 0 N–H and O–H groups in total. The molecule has 0 heteroatoms. The molecule has 0 spiro atoms. The summed E-state index contributed by atoms with van der Waals surface area (Å²) < 4.78 is 0. The van der Waals surface area contributed by atoms with Crippen LogP contribution in [0.15, 0.2) is 0 Å². The highest BCUT2D eigenvalue weighted by Crippen LogP contribution is 2.24. The minimum absolute atomic E-state index is 0.889. The fourth-order valence-corrected chi connectivity index (χ4v) is 3.32. The molecule has 128 valence electrons. The van der Waals surface area contributed by atoms with Crippen molar-refractivity contribution in [2.75, 3.05) is 0 Å². The highest BCUT2D eigenvalue weighted by Gasteiger charge is 2.09. The summed E-state index contributed by atoms with van der Waals surface area (Å²) in [7, 11) is 0. The van der Waals surface area contributed by atoms with Crippen LogP contribution in [0.4, 0.5) is 0 Å². The van der Waals surface area contributed by atoms with Gasteiger partial charge in [-0.2, -0.15) is 0 Å². The number of rotatable bonds is 16. The van der Waals surface area contributed by atoms with Gasteiger partial charge in [0.25, 0.3) is 0 Å². The van der Waals surface area contributed by atoms with E-state index in [0.29, 0.717) is 0 Å². The average Bonchev–Trinajstić information content (AvgIpc) is 2.45. The van der Waals surface area contributed by atoms with E-state index in [1.807, 2.05) is 0 Å². The highest BCUT2D eigenvalue weighted by atomic mass is 14.1. The summed E-state index contributed by atoms with van der Waals surface area (Å²) in [6.07, 6.45) is 21.9. The van der Waals surface area contributed by atoms with Crippen LogP contribution in [-0.2, 0) is 0 Å². The molecule has 0 nitrogen and oxygen atoms in total. The second kappa shape index (κ2) is 16.4. The van der Waals surface area contributed by atoms with Crippen LogP contribution in [0.1, 0.15) is 124 Å². The summed E-state index contributed by atoms with van der Waals surface area (Å²) in [5, 5.41) is 0. The van der Waals surface area contributed by atoms with E-state index >= 15 is 0 Å². The van der Waals surface area contributed by atoms with Crippen LogP contribution in [0.5, 0.6) is 0 Å². The molecule has 0 atom stereocenters. The Bertz CT molecular complexity index is 168. The van der Waals surface area contributed by atoms with E-state index < -0.39 is 0 Å². The Balaban J connectivity index is 3.74. The summed E-state index contributed by atoms with van der Waals surface area (Å²) >= 11 is 0. The number of hydrogen-bond acceptors (Lipinski definition) is 0. The van der Waals surface area contributed by atoms with Crippen molar-refractivity contribution in [3.05, 3.63) is 0 Å². The van der Waals surface area contributed by atoms with Crippen molar-refractivity contribution in [1.82, 2.24) is 0 Å². The smallest absolute Gasteiger partial charge is 0.0414 e. The fourth-order valence-electron chi connectivity index (χ4n) is 3.32. The van der Waals surface area contributed by atoms with Crippen LogP contribution in [0.2, 0.25) is 0 Å². The predicted octanol–water partition coefficient (Wildman–Crippen LogP) is 8.15. The molecule has 0 amide bonds. The Morgan fingerprint density at radius 1 is 0.476 bits per heavy atom. The average molecular weight is 297 g/mol. The largest absolute Gasteiger partial charge is 0.0654 e. The van der Waals surface area contributed by atoms with Crippen LogP contribution in [0.25, 0.3) is 0 Å². The maximum atomic E-state index is 2.37. The normalized spacial score (nSPS) is 11.7. The zero-order chi connectivity index (χ0) is 15.8. The molecule has 0 saturated heterocycles. The van der Waals surface area contributed by atoms with Gasteiger partial charge in [-0.1, -0.05) is 124 Å². The molecule has 0 radical (unpaired) electrons.